The van der Waals surface area contributed by atoms with Gasteiger partial charge in [-0.1, -0.05) is 38.1 Å². The van der Waals surface area contributed by atoms with E-state index in [1.54, 1.807) is 0 Å². The van der Waals surface area contributed by atoms with Crippen LogP contribution in [0.15, 0.2) is 36.4 Å². The molecule has 0 spiro atoms. The number of amides is 3. The molecule has 0 aromatic heterocycles. The van der Waals surface area contributed by atoms with Crippen molar-refractivity contribution in [3.63, 3.8) is 0 Å². The predicted octanol–water partition coefficient (Wildman–Crippen LogP) is 2.31. The molecule has 1 aliphatic carbocycles. The summed E-state index contributed by atoms with van der Waals surface area (Å²) in [6.45, 7) is 4.53. The van der Waals surface area contributed by atoms with Crippen LogP contribution in [0.1, 0.15) is 33.1 Å². The average Bonchev–Trinajstić information content (AvgIpc) is 3.00. The Bertz CT molecular complexity index is 839. The smallest absolute Gasteiger partial charge is 0.243 e. The van der Waals surface area contributed by atoms with Crippen molar-refractivity contribution in [2.45, 2.75) is 45.3 Å². The largest absolute Gasteiger partial charge is 0.486 e. The zero-order chi connectivity index (χ0) is 21.3. The van der Waals surface area contributed by atoms with Crippen LogP contribution in [-0.4, -0.2) is 47.9 Å². The monoisotopic (exact) mass is 412 g/mol. The molecule has 3 amide bonds. The lowest BCUT2D eigenvalue weighted by Gasteiger charge is -2.29. The highest BCUT2D eigenvalue weighted by molar-refractivity contribution is 6.08. The van der Waals surface area contributed by atoms with Gasteiger partial charge in [0.25, 0.3) is 0 Å². The van der Waals surface area contributed by atoms with Crippen LogP contribution in [0.4, 0.5) is 0 Å². The Labute approximate surface area is 176 Å². The van der Waals surface area contributed by atoms with E-state index >= 15 is 0 Å². The number of carbonyl (C=O) groups is 3. The molecule has 7 nitrogen and oxygen atoms in total. The van der Waals surface area contributed by atoms with E-state index in [1.807, 2.05) is 50.3 Å². The summed E-state index contributed by atoms with van der Waals surface area (Å²) in [4.78, 5) is 40.2. The highest BCUT2D eigenvalue weighted by Crippen LogP contribution is 2.37. The number of likely N-dealkylation sites (tertiary alicyclic amines) is 1. The Morgan fingerprint density at radius 1 is 1.10 bits per heavy atom. The van der Waals surface area contributed by atoms with Gasteiger partial charge < -0.3 is 14.8 Å². The number of rotatable bonds is 6. The summed E-state index contributed by atoms with van der Waals surface area (Å²) >= 11 is 0. The van der Waals surface area contributed by atoms with Gasteiger partial charge in [0.15, 0.2) is 11.5 Å². The number of nitrogens with zero attached hydrogens (tertiary/aromatic N) is 1. The van der Waals surface area contributed by atoms with Crippen LogP contribution in [0.2, 0.25) is 0 Å². The topological polar surface area (TPSA) is 84.9 Å². The molecule has 2 aliphatic heterocycles. The number of ether oxygens (including phenoxy) is 2. The van der Waals surface area contributed by atoms with Gasteiger partial charge in [0, 0.05) is 0 Å². The second-order valence-corrected chi connectivity index (χ2v) is 8.59. The average molecular weight is 412 g/mol. The van der Waals surface area contributed by atoms with Gasteiger partial charge in [-0.05, 0) is 37.3 Å². The number of carbonyl (C=O) groups excluding carboxylic acids is 3. The molecule has 3 aliphatic rings. The van der Waals surface area contributed by atoms with E-state index in [4.69, 9.17) is 9.47 Å². The summed E-state index contributed by atoms with van der Waals surface area (Å²) in [5.41, 5.74) is 0. The fourth-order valence-corrected chi connectivity index (χ4v) is 4.41. The number of fused-ring (bicyclic) bond motifs is 2. The SMILES string of the molecule is CC(C)C[C@H](C(=O)NC[C@H]1COc2ccccc2O1)N1C(=O)[C@H]2CC=CC[C@H]2C1=O. The van der Waals surface area contributed by atoms with Crippen molar-refractivity contribution in [2.24, 2.45) is 17.8 Å². The van der Waals surface area contributed by atoms with E-state index < -0.39 is 6.04 Å². The van der Waals surface area contributed by atoms with Crippen LogP contribution in [-0.2, 0) is 14.4 Å². The molecule has 2 heterocycles. The highest BCUT2D eigenvalue weighted by atomic mass is 16.6. The van der Waals surface area contributed by atoms with Crippen LogP contribution in [0.3, 0.4) is 0 Å². The Morgan fingerprint density at radius 3 is 2.37 bits per heavy atom. The predicted molar refractivity (Wildman–Crippen MR) is 110 cm³/mol. The fourth-order valence-electron chi connectivity index (χ4n) is 4.41. The zero-order valence-electron chi connectivity index (χ0n) is 17.4. The van der Waals surface area contributed by atoms with Gasteiger partial charge in [-0.3, -0.25) is 19.3 Å². The van der Waals surface area contributed by atoms with E-state index in [2.05, 4.69) is 5.32 Å². The molecule has 0 saturated carbocycles. The van der Waals surface area contributed by atoms with E-state index in [0.29, 0.717) is 37.4 Å². The van der Waals surface area contributed by atoms with Crippen LogP contribution in [0.5, 0.6) is 11.5 Å². The molecule has 1 aromatic carbocycles. The summed E-state index contributed by atoms with van der Waals surface area (Å²) < 4.78 is 11.6. The second kappa shape index (κ2) is 8.50. The van der Waals surface area contributed by atoms with Crippen LogP contribution in [0, 0.1) is 17.8 Å². The molecule has 160 valence electrons. The molecule has 4 atom stereocenters. The number of benzene rings is 1. The molecule has 30 heavy (non-hydrogen) atoms. The lowest BCUT2D eigenvalue weighted by molar-refractivity contribution is -0.148. The van der Waals surface area contributed by atoms with Gasteiger partial charge in [0.05, 0.1) is 18.4 Å². The molecule has 4 rings (SSSR count). The molecule has 1 aromatic rings. The second-order valence-electron chi connectivity index (χ2n) is 8.59. The molecule has 0 unspecified atom stereocenters. The van der Waals surface area contributed by atoms with Crippen LogP contribution in [0.25, 0.3) is 0 Å². The van der Waals surface area contributed by atoms with Crippen LogP contribution < -0.4 is 14.8 Å². The molecule has 1 saturated heterocycles. The molecular formula is C23H28N2O5. The van der Waals surface area contributed by atoms with Crippen molar-refractivity contribution in [1.82, 2.24) is 10.2 Å². The first-order valence-electron chi connectivity index (χ1n) is 10.6. The summed E-state index contributed by atoms with van der Waals surface area (Å²) in [6, 6.07) is 6.59. The number of imide groups is 1. The standard InChI is InChI=1S/C23H28N2O5/c1-14(2)11-18(25-22(27)16-7-3-4-8-17(16)23(25)28)21(26)24-12-15-13-29-19-9-5-6-10-20(19)30-15/h3-6,9-10,14-18H,7-8,11-13H2,1-2H3,(H,24,26)/t15-,16-,17+,18+/m0/s1. The third-order valence-electron chi connectivity index (χ3n) is 5.92. The van der Waals surface area contributed by atoms with Gasteiger partial charge in [-0.2, -0.15) is 0 Å². The van der Waals surface area contributed by atoms with Gasteiger partial charge >= 0.3 is 0 Å². The third-order valence-corrected chi connectivity index (χ3v) is 5.92. The summed E-state index contributed by atoms with van der Waals surface area (Å²) in [6.07, 6.45) is 5.13. The van der Waals surface area contributed by atoms with E-state index in [0.717, 1.165) is 0 Å². The maximum Gasteiger partial charge on any atom is 0.243 e. The lowest BCUT2D eigenvalue weighted by atomic mass is 9.85. The number of para-hydroxylation sites is 2. The number of hydrogen-bond donors (Lipinski definition) is 1. The first kappa shape index (κ1) is 20.4. The van der Waals surface area contributed by atoms with Crippen molar-refractivity contribution in [2.75, 3.05) is 13.2 Å². The molecular weight excluding hydrogens is 384 g/mol. The highest BCUT2D eigenvalue weighted by Gasteiger charge is 2.51. The Morgan fingerprint density at radius 2 is 1.73 bits per heavy atom. The Hall–Kier alpha value is -2.83. The quantitative estimate of drug-likeness (QED) is 0.573. The van der Waals surface area contributed by atoms with Crippen molar-refractivity contribution < 1.29 is 23.9 Å². The summed E-state index contributed by atoms with van der Waals surface area (Å²) in [5, 5.41) is 2.88. The maximum atomic E-state index is 13.1. The first-order valence-corrected chi connectivity index (χ1v) is 10.6. The molecule has 1 fully saturated rings. The van der Waals surface area contributed by atoms with Crippen molar-refractivity contribution in [3.05, 3.63) is 36.4 Å². The van der Waals surface area contributed by atoms with E-state index in [-0.39, 0.29) is 48.1 Å². The lowest BCUT2D eigenvalue weighted by Crippen LogP contribution is -2.52. The van der Waals surface area contributed by atoms with E-state index in [9.17, 15) is 14.4 Å². The Balaban J connectivity index is 1.43. The van der Waals surface area contributed by atoms with Gasteiger partial charge in [0.2, 0.25) is 17.7 Å². The summed E-state index contributed by atoms with van der Waals surface area (Å²) in [5.74, 6) is 0.0453. The summed E-state index contributed by atoms with van der Waals surface area (Å²) in [7, 11) is 0. The minimum absolute atomic E-state index is 0.156. The Kier molecular flexibility index (Phi) is 5.79. The minimum atomic E-state index is -0.799. The number of hydrogen-bond acceptors (Lipinski definition) is 5. The normalized spacial score (nSPS) is 26.0. The van der Waals surface area contributed by atoms with Gasteiger partial charge in [-0.15, -0.1) is 0 Å². The fraction of sp³-hybridized carbons (Fsp3) is 0.522. The van der Waals surface area contributed by atoms with Crippen molar-refractivity contribution >= 4 is 17.7 Å². The van der Waals surface area contributed by atoms with Gasteiger partial charge in [0.1, 0.15) is 18.8 Å². The third kappa shape index (κ3) is 3.93. The molecule has 0 bridgehead atoms. The molecule has 0 radical (unpaired) electrons. The van der Waals surface area contributed by atoms with Gasteiger partial charge in [-0.25, -0.2) is 0 Å². The number of nitrogens with one attached hydrogen (secondary N) is 1. The molecule has 7 heteroatoms. The first-order chi connectivity index (χ1) is 14.5. The zero-order valence-corrected chi connectivity index (χ0v) is 17.4. The maximum absolute atomic E-state index is 13.1. The van der Waals surface area contributed by atoms with E-state index in [1.165, 1.54) is 4.90 Å². The minimum Gasteiger partial charge on any atom is -0.486 e. The van der Waals surface area contributed by atoms with Crippen molar-refractivity contribution in [1.29, 1.82) is 0 Å². The van der Waals surface area contributed by atoms with Crippen molar-refractivity contribution in [3.8, 4) is 11.5 Å². The number of allylic oxidation sites excluding steroid dienone is 2. The van der Waals surface area contributed by atoms with Crippen LogP contribution >= 0.6 is 0 Å². The molecule has 1 N–H and O–H groups in total.